The lowest BCUT2D eigenvalue weighted by Gasteiger charge is -2.17. The molecule has 0 spiro atoms. The van der Waals surface area contributed by atoms with Gasteiger partial charge in [-0.3, -0.25) is 4.79 Å². The van der Waals surface area contributed by atoms with E-state index in [9.17, 15) is 14.3 Å². The highest BCUT2D eigenvalue weighted by Gasteiger charge is 2.28. The number of aliphatic hydroxyl groups is 1. The van der Waals surface area contributed by atoms with Gasteiger partial charge in [-0.2, -0.15) is 0 Å². The van der Waals surface area contributed by atoms with Gasteiger partial charge in [0, 0.05) is 37.0 Å². The number of benzene rings is 2. The minimum atomic E-state index is -0.659. The van der Waals surface area contributed by atoms with Crippen molar-refractivity contribution in [2.45, 2.75) is 25.0 Å². The normalized spacial score (nSPS) is 17.1. The zero-order valence-corrected chi connectivity index (χ0v) is 16.5. The Morgan fingerprint density at radius 3 is 2.67 bits per heavy atom. The summed E-state index contributed by atoms with van der Waals surface area (Å²) in [6.45, 7) is 1.86. The first-order valence-corrected chi connectivity index (χ1v) is 10.00. The number of halogens is 1. The molecular weight excluding hydrogens is 385 g/mol. The van der Waals surface area contributed by atoms with Crippen LogP contribution in [0.3, 0.4) is 0 Å². The minimum Gasteiger partial charge on any atom is -0.491 e. The molecular formula is C23H24FN3O3. The van der Waals surface area contributed by atoms with Gasteiger partial charge >= 0.3 is 0 Å². The van der Waals surface area contributed by atoms with Crippen molar-refractivity contribution in [3.63, 3.8) is 0 Å². The van der Waals surface area contributed by atoms with Crippen LogP contribution in [0.15, 0.2) is 67.3 Å². The van der Waals surface area contributed by atoms with E-state index in [4.69, 9.17) is 4.74 Å². The predicted molar refractivity (Wildman–Crippen MR) is 110 cm³/mol. The summed E-state index contributed by atoms with van der Waals surface area (Å²) in [7, 11) is 0. The predicted octanol–water partition coefficient (Wildman–Crippen LogP) is 3.09. The summed E-state index contributed by atoms with van der Waals surface area (Å²) in [6, 6.07) is 13.5. The average Bonchev–Trinajstić information content (AvgIpc) is 3.45. The number of amides is 1. The lowest BCUT2D eigenvalue weighted by atomic mass is 9.99. The van der Waals surface area contributed by atoms with E-state index < -0.39 is 6.10 Å². The largest absolute Gasteiger partial charge is 0.491 e. The van der Waals surface area contributed by atoms with Gasteiger partial charge in [0.2, 0.25) is 0 Å². The summed E-state index contributed by atoms with van der Waals surface area (Å²) in [6.07, 6.45) is 5.29. The molecule has 1 fully saturated rings. The van der Waals surface area contributed by atoms with Crippen molar-refractivity contribution in [2.24, 2.45) is 0 Å². The van der Waals surface area contributed by atoms with Crippen LogP contribution in [0.25, 0.3) is 0 Å². The zero-order valence-electron chi connectivity index (χ0n) is 16.5. The standard InChI is InChI=1S/C23H24FN3O3/c24-20-5-1-17(2-6-20)19-9-11-27(13-19)23(29)18-3-7-22(8-4-18)30-15-21(28)14-26-12-10-25-16-26/h1-8,10,12,16,19,21,28H,9,11,13-15H2/t19-,21?/m0/s1. The van der Waals surface area contributed by atoms with Crippen LogP contribution < -0.4 is 4.74 Å². The molecule has 0 aliphatic carbocycles. The highest BCUT2D eigenvalue weighted by Crippen LogP contribution is 2.28. The van der Waals surface area contributed by atoms with Crippen molar-refractivity contribution in [3.8, 4) is 5.75 Å². The molecule has 2 heterocycles. The summed E-state index contributed by atoms with van der Waals surface area (Å²) >= 11 is 0. The molecule has 6 nitrogen and oxygen atoms in total. The lowest BCUT2D eigenvalue weighted by Crippen LogP contribution is -2.28. The molecule has 2 aromatic carbocycles. The first-order chi connectivity index (χ1) is 14.6. The summed E-state index contributed by atoms with van der Waals surface area (Å²) in [5, 5.41) is 10.0. The van der Waals surface area contributed by atoms with Gasteiger partial charge < -0.3 is 19.3 Å². The van der Waals surface area contributed by atoms with Gasteiger partial charge in [0.25, 0.3) is 5.91 Å². The number of nitrogens with zero attached hydrogens (tertiary/aromatic N) is 3. The number of rotatable bonds is 7. The van der Waals surface area contributed by atoms with Crippen molar-refractivity contribution < 1.29 is 19.0 Å². The Kier molecular flexibility index (Phi) is 6.09. The smallest absolute Gasteiger partial charge is 0.253 e. The number of carbonyl (C=O) groups excluding carboxylic acids is 1. The van der Waals surface area contributed by atoms with E-state index >= 15 is 0 Å². The number of aliphatic hydroxyl groups excluding tert-OH is 1. The van der Waals surface area contributed by atoms with Crippen molar-refractivity contribution in [2.75, 3.05) is 19.7 Å². The van der Waals surface area contributed by atoms with Gasteiger partial charge in [-0.25, -0.2) is 9.37 Å². The van der Waals surface area contributed by atoms with Gasteiger partial charge in [-0.15, -0.1) is 0 Å². The van der Waals surface area contributed by atoms with E-state index in [1.54, 1.807) is 59.7 Å². The molecule has 30 heavy (non-hydrogen) atoms. The Morgan fingerprint density at radius 2 is 1.97 bits per heavy atom. The lowest BCUT2D eigenvalue weighted by molar-refractivity contribution is 0.0790. The van der Waals surface area contributed by atoms with Crippen LogP contribution in [0.1, 0.15) is 28.3 Å². The van der Waals surface area contributed by atoms with Crippen LogP contribution in [-0.4, -0.2) is 51.3 Å². The summed E-state index contributed by atoms with van der Waals surface area (Å²) in [5.41, 5.74) is 1.66. The molecule has 7 heteroatoms. The second-order valence-corrected chi connectivity index (χ2v) is 7.54. The van der Waals surface area contributed by atoms with E-state index in [-0.39, 0.29) is 24.2 Å². The average molecular weight is 409 g/mol. The molecule has 1 aliphatic rings. The molecule has 3 aromatic rings. The highest BCUT2D eigenvalue weighted by atomic mass is 19.1. The number of aromatic nitrogens is 2. The molecule has 1 saturated heterocycles. The number of likely N-dealkylation sites (tertiary alicyclic amines) is 1. The van der Waals surface area contributed by atoms with E-state index in [1.807, 2.05) is 4.90 Å². The molecule has 1 aliphatic heterocycles. The molecule has 1 unspecified atom stereocenters. The molecule has 2 atom stereocenters. The number of hydrogen-bond donors (Lipinski definition) is 1. The molecule has 0 saturated carbocycles. The maximum absolute atomic E-state index is 13.1. The fourth-order valence-corrected chi connectivity index (χ4v) is 3.71. The number of ether oxygens (including phenoxy) is 1. The Labute approximate surface area is 174 Å². The molecule has 1 N–H and O–H groups in total. The fraction of sp³-hybridized carbons (Fsp3) is 0.304. The zero-order chi connectivity index (χ0) is 20.9. The number of imidazole rings is 1. The monoisotopic (exact) mass is 409 g/mol. The van der Waals surface area contributed by atoms with Gasteiger partial charge in [-0.1, -0.05) is 12.1 Å². The molecule has 0 bridgehead atoms. The fourth-order valence-electron chi connectivity index (χ4n) is 3.71. The molecule has 1 aromatic heterocycles. The molecule has 0 radical (unpaired) electrons. The van der Waals surface area contributed by atoms with Crippen molar-refractivity contribution in [1.29, 1.82) is 0 Å². The second-order valence-electron chi connectivity index (χ2n) is 7.54. The van der Waals surface area contributed by atoms with Crippen LogP contribution in [0, 0.1) is 5.82 Å². The van der Waals surface area contributed by atoms with Crippen LogP contribution in [-0.2, 0) is 6.54 Å². The molecule has 4 rings (SSSR count). The van der Waals surface area contributed by atoms with E-state index in [0.717, 1.165) is 12.0 Å². The van der Waals surface area contributed by atoms with E-state index in [2.05, 4.69) is 4.98 Å². The summed E-state index contributed by atoms with van der Waals surface area (Å²) in [5.74, 6) is 0.559. The van der Waals surface area contributed by atoms with Crippen molar-refractivity contribution >= 4 is 5.91 Å². The SMILES string of the molecule is O=C(c1ccc(OCC(O)Cn2ccnc2)cc1)N1CC[C@H](c2ccc(F)cc2)C1. The van der Waals surface area contributed by atoms with E-state index in [0.29, 0.717) is 30.9 Å². The van der Waals surface area contributed by atoms with Gasteiger partial charge in [0.05, 0.1) is 12.9 Å². The first kappa shape index (κ1) is 20.1. The third kappa shape index (κ3) is 4.86. The third-order valence-corrected chi connectivity index (χ3v) is 5.34. The first-order valence-electron chi connectivity index (χ1n) is 10.00. The van der Waals surface area contributed by atoms with Gasteiger partial charge in [-0.05, 0) is 48.4 Å². The van der Waals surface area contributed by atoms with Crippen molar-refractivity contribution in [1.82, 2.24) is 14.5 Å². The Bertz CT molecular complexity index is 958. The molecule has 156 valence electrons. The Hall–Kier alpha value is -3.19. The Balaban J connectivity index is 1.29. The number of hydrogen-bond acceptors (Lipinski definition) is 4. The Morgan fingerprint density at radius 1 is 1.20 bits per heavy atom. The van der Waals surface area contributed by atoms with Crippen LogP contribution in [0.2, 0.25) is 0 Å². The van der Waals surface area contributed by atoms with Gasteiger partial charge in [0.15, 0.2) is 0 Å². The number of carbonyl (C=O) groups is 1. The van der Waals surface area contributed by atoms with Crippen LogP contribution in [0.5, 0.6) is 5.75 Å². The quantitative estimate of drug-likeness (QED) is 0.651. The third-order valence-electron chi connectivity index (χ3n) is 5.34. The maximum Gasteiger partial charge on any atom is 0.253 e. The highest BCUT2D eigenvalue weighted by molar-refractivity contribution is 5.94. The summed E-state index contributed by atoms with van der Waals surface area (Å²) in [4.78, 5) is 18.6. The van der Waals surface area contributed by atoms with E-state index in [1.165, 1.54) is 12.1 Å². The second kappa shape index (κ2) is 9.09. The van der Waals surface area contributed by atoms with Gasteiger partial charge in [0.1, 0.15) is 24.3 Å². The minimum absolute atomic E-state index is 0.0219. The van der Waals surface area contributed by atoms with Crippen molar-refractivity contribution in [3.05, 3.63) is 84.2 Å². The topological polar surface area (TPSA) is 67.6 Å². The van der Waals surface area contributed by atoms with Crippen LogP contribution in [0.4, 0.5) is 4.39 Å². The summed E-state index contributed by atoms with van der Waals surface area (Å²) < 4.78 is 20.5. The maximum atomic E-state index is 13.1. The molecule has 1 amide bonds. The van der Waals surface area contributed by atoms with Crippen LogP contribution >= 0.6 is 0 Å².